The first kappa shape index (κ1) is 20.4. The quantitative estimate of drug-likeness (QED) is 0.614. The number of ether oxygens (including phenoxy) is 1. The third kappa shape index (κ3) is 5.35. The molecule has 1 aliphatic rings. The van der Waals surface area contributed by atoms with Crippen LogP contribution in [0.1, 0.15) is 39.2 Å². The Morgan fingerprint density at radius 3 is 2.75 bits per heavy atom. The Balaban J connectivity index is 1.52. The van der Waals surface area contributed by atoms with E-state index in [-0.39, 0.29) is 11.5 Å². The van der Waals surface area contributed by atoms with Crippen LogP contribution in [0.2, 0.25) is 0 Å². The summed E-state index contributed by atoms with van der Waals surface area (Å²) in [5, 5.41) is 11.3. The van der Waals surface area contributed by atoms with E-state index in [9.17, 15) is 0 Å². The fourth-order valence-corrected chi connectivity index (χ4v) is 3.82. The van der Waals surface area contributed by atoms with E-state index in [4.69, 9.17) is 4.74 Å². The van der Waals surface area contributed by atoms with Crippen LogP contribution >= 0.6 is 0 Å². The van der Waals surface area contributed by atoms with Crippen LogP contribution in [0, 0.1) is 11.3 Å². The number of aromatic nitrogens is 2. The second kappa shape index (κ2) is 9.24. The molecule has 1 aromatic carbocycles. The molecule has 2 aromatic rings. The van der Waals surface area contributed by atoms with E-state index < -0.39 is 0 Å². The zero-order valence-corrected chi connectivity index (χ0v) is 17.5. The molecule has 152 valence electrons. The summed E-state index contributed by atoms with van der Waals surface area (Å²) in [5.74, 6) is 1.30. The second-order valence-electron chi connectivity index (χ2n) is 8.50. The molecule has 0 radical (unpaired) electrons. The average molecular weight is 384 g/mol. The number of nitrogens with one attached hydrogen (secondary N) is 2. The van der Waals surface area contributed by atoms with Gasteiger partial charge in [-0.15, -0.1) is 0 Å². The largest absolute Gasteiger partial charge is 0.377 e. The van der Waals surface area contributed by atoms with E-state index in [0.29, 0.717) is 12.5 Å². The van der Waals surface area contributed by atoms with Crippen LogP contribution in [0.3, 0.4) is 0 Å². The van der Waals surface area contributed by atoms with Gasteiger partial charge in [0.2, 0.25) is 0 Å². The van der Waals surface area contributed by atoms with Gasteiger partial charge in [-0.2, -0.15) is 5.10 Å². The third-order valence-electron chi connectivity index (χ3n) is 5.17. The van der Waals surface area contributed by atoms with Gasteiger partial charge in [-0.1, -0.05) is 39.0 Å². The van der Waals surface area contributed by atoms with E-state index in [1.54, 1.807) is 7.05 Å². The Morgan fingerprint density at radius 2 is 2.04 bits per heavy atom. The van der Waals surface area contributed by atoms with Gasteiger partial charge >= 0.3 is 0 Å². The number of para-hydroxylation sites is 1. The lowest BCUT2D eigenvalue weighted by Gasteiger charge is -2.40. The molecule has 0 aliphatic carbocycles. The summed E-state index contributed by atoms with van der Waals surface area (Å²) in [6, 6.07) is 10.1. The highest BCUT2D eigenvalue weighted by molar-refractivity contribution is 5.79. The van der Waals surface area contributed by atoms with Crippen LogP contribution in [0.4, 0.5) is 0 Å². The SMILES string of the molecule is CN=C(NCc1cnn(-c2ccccc2)c1)NCC1CCCOC1C(C)(C)C. The van der Waals surface area contributed by atoms with Crippen LogP contribution in [-0.2, 0) is 11.3 Å². The van der Waals surface area contributed by atoms with Gasteiger partial charge in [-0.05, 0) is 30.4 Å². The number of hydrogen-bond acceptors (Lipinski definition) is 3. The summed E-state index contributed by atoms with van der Waals surface area (Å²) in [6.07, 6.45) is 6.52. The molecule has 1 fully saturated rings. The lowest BCUT2D eigenvalue weighted by atomic mass is 9.78. The van der Waals surface area contributed by atoms with E-state index in [1.165, 1.54) is 6.42 Å². The molecule has 2 N–H and O–H groups in total. The van der Waals surface area contributed by atoms with Crippen LogP contribution < -0.4 is 10.6 Å². The van der Waals surface area contributed by atoms with Crippen molar-refractivity contribution >= 4 is 5.96 Å². The van der Waals surface area contributed by atoms with E-state index in [0.717, 1.165) is 36.8 Å². The molecule has 1 aromatic heterocycles. The molecule has 0 spiro atoms. The predicted molar refractivity (Wildman–Crippen MR) is 114 cm³/mol. The first-order valence-corrected chi connectivity index (χ1v) is 10.1. The normalized spacial score (nSPS) is 20.8. The molecule has 0 amide bonds. The molecule has 6 heteroatoms. The monoisotopic (exact) mass is 383 g/mol. The maximum absolute atomic E-state index is 6.08. The van der Waals surface area contributed by atoms with Gasteiger partial charge in [-0.25, -0.2) is 4.68 Å². The van der Waals surface area contributed by atoms with Crippen molar-refractivity contribution in [1.82, 2.24) is 20.4 Å². The highest BCUT2D eigenvalue weighted by Gasteiger charge is 2.35. The first-order valence-electron chi connectivity index (χ1n) is 10.1. The molecule has 2 heterocycles. The number of hydrogen-bond donors (Lipinski definition) is 2. The van der Waals surface area contributed by atoms with Gasteiger partial charge in [-0.3, -0.25) is 4.99 Å². The summed E-state index contributed by atoms with van der Waals surface area (Å²) in [6.45, 7) is 9.19. The van der Waals surface area contributed by atoms with Crippen molar-refractivity contribution in [3.63, 3.8) is 0 Å². The summed E-state index contributed by atoms with van der Waals surface area (Å²) in [4.78, 5) is 4.37. The zero-order valence-electron chi connectivity index (χ0n) is 17.5. The van der Waals surface area contributed by atoms with Gasteiger partial charge in [0.15, 0.2) is 5.96 Å². The average Bonchev–Trinajstić information content (AvgIpc) is 3.17. The van der Waals surface area contributed by atoms with Gasteiger partial charge in [0.25, 0.3) is 0 Å². The van der Waals surface area contributed by atoms with Gasteiger partial charge < -0.3 is 15.4 Å². The first-order chi connectivity index (χ1) is 13.5. The summed E-state index contributed by atoms with van der Waals surface area (Å²) >= 11 is 0. The Kier molecular flexibility index (Phi) is 6.73. The van der Waals surface area contributed by atoms with Crippen LogP contribution in [0.25, 0.3) is 5.69 Å². The molecular formula is C22H33N5O. The lowest BCUT2D eigenvalue weighted by molar-refractivity contribution is -0.0835. The minimum Gasteiger partial charge on any atom is -0.377 e. The summed E-state index contributed by atoms with van der Waals surface area (Å²) in [5.41, 5.74) is 2.32. The van der Waals surface area contributed by atoms with Crippen molar-refractivity contribution in [3.8, 4) is 5.69 Å². The van der Waals surface area contributed by atoms with Gasteiger partial charge in [0, 0.05) is 44.4 Å². The van der Waals surface area contributed by atoms with Crippen LogP contribution in [0.5, 0.6) is 0 Å². The topological polar surface area (TPSA) is 63.5 Å². The number of nitrogens with zero attached hydrogens (tertiary/aromatic N) is 3. The fourth-order valence-electron chi connectivity index (χ4n) is 3.82. The molecule has 1 aliphatic heterocycles. The Labute approximate surface area is 168 Å². The lowest BCUT2D eigenvalue weighted by Crippen LogP contribution is -2.47. The highest BCUT2D eigenvalue weighted by Crippen LogP contribution is 2.33. The fraction of sp³-hybridized carbons (Fsp3) is 0.545. The summed E-state index contributed by atoms with van der Waals surface area (Å²) in [7, 11) is 1.81. The molecule has 3 rings (SSSR count). The minimum absolute atomic E-state index is 0.149. The van der Waals surface area contributed by atoms with Crippen molar-refractivity contribution in [3.05, 3.63) is 48.3 Å². The Morgan fingerprint density at radius 1 is 1.25 bits per heavy atom. The molecule has 1 saturated heterocycles. The number of benzene rings is 1. The number of aliphatic imine (C=N–C) groups is 1. The molecule has 6 nitrogen and oxygen atoms in total. The second-order valence-corrected chi connectivity index (χ2v) is 8.50. The van der Waals surface area contributed by atoms with E-state index in [2.05, 4.69) is 41.5 Å². The molecule has 2 unspecified atom stereocenters. The highest BCUT2D eigenvalue weighted by atomic mass is 16.5. The van der Waals surface area contributed by atoms with Crippen molar-refractivity contribution in [2.24, 2.45) is 16.3 Å². The maximum Gasteiger partial charge on any atom is 0.191 e. The van der Waals surface area contributed by atoms with Gasteiger partial charge in [0.05, 0.1) is 18.0 Å². The molecule has 0 saturated carbocycles. The Bertz CT molecular complexity index is 763. The standard InChI is InChI=1S/C22H33N5O/c1-22(2,3)20-18(9-8-12-28-20)15-25-21(23-4)24-13-17-14-26-27(16-17)19-10-6-5-7-11-19/h5-7,10-11,14,16,18,20H,8-9,12-13,15H2,1-4H3,(H2,23,24,25). The summed E-state index contributed by atoms with van der Waals surface area (Å²) < 4.78 is 7.97. The third-order valence-corrected chi connectivity index (χ3v) is 5.17. The zero-order chi connectivity index (χ0) is 20.0. The van der Waals surface area contributed by atoms with Gasteiger partial charge in [0.1, 0.15) is 0 Å². The smallest absolute Gasteiger partial charge is 0.191 e. The molecular weight excluding hydrogens is 350 g/mol. The number of guanidine groups is 1. The van der Waals surface area contributed by atoms with Crippen molar-refractivity contribution in [1.29, 1.82) is 0 Å². The molecule has 0 bridgehead atoms. The number of rotatable bonds is 5. The Hall–Kier alpha value is -2.34. The predicted octanol–water partition coefficient (Wildman–Crippen LogP) is 3.38. The molecule has 28 heavy (non-hydrogen) atoms. The maximum atomic E-state index is 6.08. The van der Waals surface area contributed by atoms with Crippen LogP contribution in [-0.4, -0.2) is 42.0 Å². The van der Waals surface area contributed by atoms with Crippen molar-refractivity contribution < 1.29 is 4.74 Å². The van der Waals surface area contributed by atoms with Crippen molar-refractivity contribution in [2.45, 2.75) is 46.3 Å². The van der Waals surface area contributed by atoms with Crippen molar-refractivity contribution in [2.75, 3.05) is 20.2 Å². The van der Waals surface area contributed by atoms with Crippen LogP contribution in [0.15, 0.2) is 47.7 Å². The molecule has 2 atom stereocenters. The van der Waals surface area contributed by atoms with E-state index >= 15 is 0 Å². The minimum atomic E-state index is 0.149. The van der Waals surface area contributed by atoms with E-state index in [1.807, 2.05) is 47.4 Å².